The van der Waals surface area contributed by atoms with E-state index in [0.29, 0.717) is 10.7 Å². The quantitative estimate of drug-likeness (QED) is 0.696. The van der Waals surface area contributed by atoms with E-state index >= 15 is 0 Å². The fourth-order valence-electron chi connectivity index (χ4n) is 2.42. The SMILES string of the molecule is CSc1ccccc1C(=O)Nc1nc2c(C)cc(C)cc2s1. The average Bonchev–Trinajstić information content (AvgIpc) is 2.89. The summed E-state index contributed by atoms with van der Waals surface area (Å²) in [7, 11) is 0. The average molecular weight is 328 g/mol. The fourth-order valence-corrected chi connectivity index (χ4v) is 4.05. The molecule has 0 fully saturated rings. The molecule has 0 saturated heterocycles. The summed E-state index contributed by atoms with van der Waals surface area (Å²) in [5.74, 6) is -0.113. The smallest absolute Gasteiger partial charge is 0.258 e. The number of rotatable bonds is 3. The number of hydrogen-bond donors (Lipinski definition) is 1. The Kier molecular flexibility index (Phi) is 4.18. The second-order valence-corrected chi connectivity index (χ2v) is 6.98. The van der Waals surface area contributed by atoms with Gasteiger partial charge in [-0.15, -0.1) is 11.8 Å². The molecule has 3 aromatic rings. The standard InChI is InChI=1S/C17H16N2OS2/c1-10-8-11(2)15-14(9-10)22-17(18-15)19-16(20)12-6-4-5-7-13(12)21-3/h4-9H,1-3H3,(H,18,19,20). The summed E-state index contributed by atoms with van der Waals surface area (Å²) in [6.07, 6.45) is 1.97. The number of aromatic nitrogens is 1. The number of thiazole rings is 1. The Morgan fingerprint density at radius 3 is 2.77 bits per heavy atom. The van der Waals surface area contributed by atoms with Crippen LogP contribution < -0.4 is 5.32 Å². The van der Waals surface area contributed by atoms with Gasteiger partial charge in [0.15, 0.2) is 5.13 Å². The molecule has 0 radical (unpaired) electrons. The molecule has 0 aliphatic carbocycles. The van der Waals surface area contributed by atoms with Gasteiger partial charge in [-0.25, -0.2) is 4.98 Å². The molecular formula is C17H16N2OS2. The first-order valence-corrected chi connectivity index (χ1v) is 8.95. The lowest BCUT2D eigenvalue weighted by Gasteiger charge is -2.05. The zero-order chi connectivity index (χ0) is 15.7. The topological polar surface area (TPSA) is 42.0 Å². The lowest BCUT2D eigenvalue weighted by molar-refractivity contribution is 0.102. The third-order valence-electron chi connectivity index (χ3n) is 3.40. The van der Waals surface area contributed by atoms with Crippen molar-refractivity contribution in [1.82, 2.24) is 4.98 Å². The maximum atomic E-state index is 12.5. The van der Waals surface area contributed by atoms with E-state index in [1.807, 2.05) is 37.4 Å². The van der Waals surface area contributed by atoms with Gasteiger partial charge in [-0.2, -0.15) is 0 Å². The molecule has 0 spiro atoms. The third kappa shape index (κ3) is 2.87. The number of nitrogens with zero attached hydrogens (tertiary/aromatic N) is 1. The van der Waals surface area contributed by atoms with E-state index < -0.39 is 0 Å². The van der Waals surface area contributed by atoms with Crippen LogP contribution in [0.2, 0.25) is 0 Å². The molecule has 0 atom stereocenters. The predicted octanol–water partition coefficient (Wildman–Crippen LogP) is 4.89. The molecule has 1 N–H and O–H groups in total. The molecule has 0 aliphatic rings. The number of fused-ring (bicyclic) bond motifs is 1. The second kappa shape index (κ2) is 6.10. The molecule has 5 heteroatoms. The predicted molar refractivity (Wildman–Crippen MR) is 95.3 cm³/mol. The molecule has 1 heterocycles. The summed E-state index contributed by atoms with van der Waals surface area (Å²) in [5.41, 5.74) is 3.99. The molecule has 0 bridgehead atoms. The number of hydrogen-bond acceptors (Lipinski definition) is 4. The van der Waals surface area contributed by atoms with Crippen molar-refractivity contribution in [3.8, 4) is 0 Å². The van der Waals surface area contributed by atoms with E-state index in [1.54, 1.807) is 11.8 Å². The van der Waals surface area contributed by atoms with E-state index in [1.165, 1.54) is 16.9 Å². The van der Waals surface area contributed by atoms with Gasteiger partial charge in [0.05, 0.1) is 15.8 Å². The second-order valence-electron chi connectivity index (χ2n) is 5.10. The highest BCUT2D eigenvalue weighted by Gasteiger charge is 2.13. The van der Waals surface area contributed by atoms with Gasteiger partial charge in [0.2, 0.25) is 0 Å². The zero-order valence-electron chi connectivity index (χ0n) is 12.6. The molecule has 3 nitrogen and oxygen atoms in total. The van der Waals surface area contributed by atoms with Crippen molar-refractivity contribution in [2.75, 3.05) is 11.6 Å². The molecule has 0 saturated carbocycles. The Morgan fingerprint density at radius 2 is 2.00 bits per heavy atom. The van der Waals surface area contributed by atoms with Crippen molar-refractivity contribution in [3.63, 3.8) is 0 Å². The van der Waals surface area contributed by atoms with Crippen LogP contribution in [0.1, 0.15) is 21.5 Å². The van der Waals surface area contributed by atoms with Gasteiger partial charge in [0.1, 0.15) is 0 Å². The zero-order valence-corrected chi connectivity index (χ0v) is 14.3. The molecule has 0 unspecified atom stereocenters. The number of carbonyl (C=O) groups excluding carboxylic acids is 1. The van der Waals surface area contributed by atoms with Crippen LogP contribution in [0.5, 0.6) is 0 Å². The molecule has 1 aromatic heterocycles. The summed E-state index contributed by atoms with van der Waals surface area (Å²) in [6.45, 7) is 4.11. The normalized spacial score (nSPS) is 10.9. The van der Waals surface area contributed by atoms with Crippen LogP contribution in [0.25, 0.3) is 10.2 Å². The van der Waals surface area contributed by atoms with Crippen molar-refractivity contribution in [2.45, 2.75) is 18.7 Å². The minimum Gasteiger partial charge on any atom is -0.298 e. The van der Waals surface area contributed by atoms with Crippen LogP contribution in [0, 0.1) is 13.8 Å². The lowest BCUT2D eigenvalue weighted by Crippen LogP contribution is -2.12. The molecule has 112 valence electrons. The molecular weight excluding hydrogens is 312 g/mol. The van der Waals surface area contributed by atoms with Crippen LogP contribution in [0.4, 0.5) is 5.13 Å². The van der Waals surface area contributed by atoms with Crippen molar-refractivity contribution in [3.05, 3.63) is 53.1 Å². The van der Waals surface area contributed by atoms with Gasteiger partial charge in [-0.05, 0) is 49.4 Å². The number of anilines is 1. The summed E-state index contributed by atoms with van der Waals surface area (Å²) in [4.78, 5) is 18.0. The van der Waals surface area contributed by atoms with Crippen LogP contribution in [-0.2, 0) is 0 Å². The van der Waals surface area contributed by atoms with Gasteiger partial charge in [0.25, 0.3) is 5.91 Å². The van der Waals surface area contributed by atoms with Gasteiger partial charge in [-0.1, -0.05) is 29.5 Å². The van der Waals surface area contributed by atoms with Gasteiger partial charge < -0.3 is 0 Å². The van der Waals surface area contributed by atoms with Crippen molar-refractivity contribution in [1.29, 1.82) is 0 Å². The van der Waals surface area contributed by atoms with Crippen molar-refractivity contribution < 1.29 is 4.79 Å². The Bertz CT molecular complexity index is 855. The number of benzene rings is 2. The largest absolute Gasteiger partial charge is 0.298 e. The highest BCUT2D eigenvalue weighted by Crippen LogP contribution is 2.30. The molecule has 1 amide bonds. The lowest BCUT2D eigenvalue weighted by atomic mass is 10.1. The maximum absolute atomic E-state index is 12.5. The highest BCUT2D eigenvalue weighted by molar-refractivity contribution is 7.98. The van der Waals surface area contributed by atoms with Crippen LogP contribution in [0.15, 0.2) is 41.3 Å². The molecule has 0 aliphatic heterocycles. The monoisotopic (exact) mass is 328 g/mol. The Labute approximate surface area is 137 Å². The van der Waals surface area contributed by atoms with Crippen LogP contribution >= 0.6 is 23.1 Å². The summed E-state index contributed by atoms with van der Waals surface area (Å²) in [6, 6.07) is 11.8. The maximum Gasteiger partial charge on any atom is 0.258 e. The highest BCUT2D eigenvalue weighted by atomic mass is 32.2. The van der Waals surface area contributed by atoms with E-state index in [9.17, 15) is 4.79 Å². The van der Waals surface area contributed by atoms with Crippen LogP contribution in [0.3, 0.4) is 0 Å². The first kappa shape index (κ1) is 15.1. The van der Waals surface area contributed by atoms with Crippen molar-refractivity contribution in [2.24, 2.45) is 0 Å². The Hall–Kier alpha value is -1.85. The molecule has 22 heavy (non-hydrogen) atoms. The van der Waals surface area contributed by atoms with Gasteiger partial charge >= 0.3 is 0 Å². The first-order chi connectivity index (χ1) is 10.6. The van der Waals surface area contributed by atoms with Gasteiger partial charge in [-0.3, -0.25) is 10.1 Å². The number of thioether (sulfide) groups is 1. The van der Waals surface area contributed by atoms with Gasteiger partial charge in [0, 0.05) is 4.90 Å². The minimum absolute atomic E-state index is 0.113. The fraction of sp³-hybridized carbons (Fsp3) is 0.176. The van der Waals surface area contributed by atoms with E-state index in [2.05, 4.69) is 29.4 Å². The summed E-state index contributed by atoms with van der Waals surface area (Å²) < 4.78 is 1.10. The van der Waals surface area contributed by atoms with Crippen LogP contribution in [-0.4, -0.2) is 17.1 Å². The summed E-state index contributed by atoms with van der Waals surface area (Å²) in [5, 5.41) is 3.57. The number of nitrogens with one attached hydrogen (secondary N) is 1. The minimum atomic E-state index is -0.113. The summed E-state index contributed by atoms with van der Waals surface area (Å²) >= 11 is 3.08. The molecule has 3 rings (SSSR count). The number of carbonyl (C=O) groups is 1. The number of amides is 1. The van der Waals surface area contributed by atoms with Crippen molar-refractivity contribution >= 4 is 44.4 Å². The third-order valence-corrected chi connectivity index (χ3v) is 5.12. The first-order valence-electron chi connectivity index (χ1n) is 6.90. The van der Waals surface area contributed by atoms with E-state index in [4.69, 9.17) is 0 Å². The Morgan fingerprint density at radius 1 is 1.23 bits per heavy atom. The van der Waals surface area contributed by atoms with E-state index in [-0.39, 0.29) is 5.91 Å². The Balaban J connectivity index is 1.93. The van der Waals surface area contributed by atoms with E-state index in [0.717, 1.165) is 20.7 Å². The number of aryl methyl sites for hydroxylation is 2. The molecule has 2 aromatic carbocycles.